The number of carbonyl (C=O) groups excluding carboxylic acids is 2. The van der Waals surface area contributed by atoms with Crippen molar-refractivity contribution in [3.63, 3.8) is 0 Å². The molecule has 1 aromatic rings. The van der Waals surface area contributed by atoms with Crippen LogP contribution in [0.3, 0.4) is 0 Å². The van der Waals surface area contributed by atoms with E-state index in [4.69, 9.17) is 28.4 Å². The fourth-order valence-corrected chi connectivity index (χ4v) is 4.55. The molecular weight excluding hydrogens is 659 g/mol. The first kappa shape index (κ1) is 44.6. The van der Waals surface area contributed by atoms with E-state index < -0.39 is 47.2 Å². The number of ether oxygens (including phenoxy) is 7. The van der Waals surface area contributed by atoms with Crippen molar-refractivity contribution in [3.8, 4) is 5.75 Å². The van der Waals surface area contributed by atoms with Gasteiger partial charge in [0.2, 0.25) is 34.8 Å². The molecule has 0 aromatic heterocycles. The molecule has 0 fully saturated rings. The van der Waals surface area contributed by atoms with Gasteiger partial charge in [0, 0.05) is 6.42 Å². The molecule has 1 aromatic carbocycles. The highest BCUT2D eigenvalue weighted by Gasteiger charge is 2.28. The molecular formula is C35H55F5O9. The van der Waals surface area contributed by atoms with Crippen LogP contribution in [0, 0.1) is 29.1 Å². The Hall–Kier alpha value is -2.39. The van der Waals surface area contributed by atoms with Gasteiger partial charge in [0.05, 0.1) is 72.5 Å². The molecule has 49 heavy (non-hydrogen) atoms. The molecule has 0 saturated carbocycles. The van der Waals surface area contributed by atoms with Crippen molar-refractivity contribution in [1.29, 1.82) is 0 Å². The van der Waals surface area contributed by atoms with Crippen molar-refractivity contribution in [3.05, 3.63) is 29.1 Å². The van der Waals surface area contributed by atoms with E-state index in [0.717, 1.165) is 12.8 Å². The van der Waals surface area contributed by atoms with Crippen LogP contribution in [0.4, 0.5) is 22.0 Å². The third-order valence-corrected chi connectivity index (χ3v) is 7.30. The Kier molecular flexibility index (Phi) is 27.7. The molecule has 0 aliphatic rings. The maximum absolute atomic E-state index is 13.5. The fourth-order valence-electron chi connectivity index (χ4n) is 4.55. The van der Waals surface area contributed by atoms with Gasteiger partial charge in [-0.2, -0.15) is 8.78 Å². The molecule has 1 rings (SSSR count). The minimum absolute atomic E-state index is 0.0809. The molecule has 0 bridgehead atoms. The van der Waals surface area contributed by atoms with Gasteiger partial charge >= 0.3 is 11.9 Å². The summed E-state index contributed by atoms with van der Waals surface area (Å²) >= 11 is 0. The van der Waals surface area contributed by atoms with Gasteiger partial charge in [-0.15, -0.1) is 0 Å². The summed E-state index contributed by atoms with van der Waals surface area (Å²) in [4.78, 5) is 23.5. The van der Waals surface area contributed by atoms with Gasteiger partial charge in [0.15, 0.2) is 0 Å². The summed E-state index contributed by atoms with van der Waals surface area (Å²) in [5, 5.41) is 0. The third kappa shape index (κ3) is 22.9. The summed E-state index contributed by atoms with van der Waals surface area (Å²) in [5.41, 5.74) is 0. The number of carbonyl (C=O) groups is 2. The molecule has 0 N–H and O–H groups in total. The summed E-state index contributed by atoms with van der Waals surface area (Å²) in [6.45, 7) is 4.84. The lowest BCUT2D eigenvalue weighted by Gasteiger charge is -2.09. The van der Waals surface area contributed by atoms with Gasteiger partial charge < -0.3 is 33.2 Å². The largest absolute Gasteiger partial charge is 0.463 e. The second kappa shape index (κ2) is 30.4. The Labute approximate surface area is 287 Å². The predicted octanol–water partition coefficient (Wildman–Crippen LogP) is 7.79. The van der Waals surface area contributed by atoms with E-state index in [1.807, 2.05) is 0 Å². The Bertz CT molecular complexity index is 987. The highest BCUT2D eigenvalue weighted by atomic mass is 19.2. The van der Waals surface area contributed by atoms with E-state index in [9.17, 15) is 31.5 Å². The van der Waals surface area contributed by atoms with E-state index in [2.05, 4.69) is 11.7 Å². The molecule has 0 atom stereocenters. The van der Waals surface area contributed by atoms with Crippen LogP contribution in [-0.4, -0.2) is 84.6 Å². The Morgan fingerprint density at radius 3 is 1.18 bits per heavy atom. The van der Waals surface area contributed by atoms with Crippen LogP contribution < -0.4 is 4.74 Å². The molecule has 0 radical (unpaired) electrons. The first-order chi connectivity index (χ1) is 23.8. The fraction of sp³-hybridized carbons (Fsp3) is 0.771. The molecule has 0 heterocycles. The number of unbranched alkanes of at least 4 members (excludes halogenated alkanes) is 12. The van der Waals surface area contributed by atoms with Crippen LogP contribution in [0.25, 0.3) is 0 Å². The molecule has 0 aliphatic heterocycles. The van der Waals surface area contributed by atoms with E-state index >= 15 is 0 Å². The molecule has 14 heteroatoms. The average Bonchev–Trinajstić information content (AvgIpc) is 3.09. The molecule has 0 aliphatic carbocycles. The minimum atomic E-state index is -2.35. The monoisotopic (exact) mass is 714 g/mol. The van der Waals surface area contributed by atoms with E-state index in [0.29, 0.717) is 46.1 Å². The summed E-state index contributed by atoms with van der Waals surface area (Å²) in [7, 11) is 0. The van der Waals surface area contributed by atoms with Crippen molar-refractivity contribution in [1.82, 2.24) is 0 Å². The van der Waals surface area contributed by atoms with E-state index in [-0.39, 0.29) is 39.0 Å². The zero-order chi connectivity index (χ0) is 36.0. The Morgan fingerprint density at radius 2 is 0.755 bits per heavy atom. The smallest absolute Gasteiger partial charge is 0.313 e. The van der Waals surface area contributed by atoms with Crippen LogP contribution in [0.1, 0.15) is 103 Å². The van der Waals surface area contributed by atoms with Gasteiger partial charge in [-0.3, -0.25) is 9.59 Å². The first-order valence-corrected chi connectivity index (χ1v) is 17.6. The third-order valence-electron chi connectivity index (χ3n) is 7.30. The topological polar surface area (TPSA) is 98.8 Å². The average molecular weight is 715 g/mol. The lowest BCUT2D eigenvalue weighted by atomic mass is 10.0. The Morgan fingerprint density at radius 1 is 0.408 bits per heavy atom. The summed E-state index contributed by atoms with van der Waals surface area (Å²) < 4.78 is 102. The molecule has 0 spiro atoms. The summed E-state index contributed by atoms with van der Waals surface area (Å²) in [5.74, 6) is -14.3. The molecule has 0 amide bonds. The highest BCUT2D eigenvalue weighted by Crippen LogP contribution is 2.29. The van der Waals surface area contributed by atoms with Crippen LogP contribution in [-0.2, 0) is 38.0 Å². The lowest BCUT2D eigenvalue weighted by Crippen LogP contribution is -2.16. The van der Waals surface area contributed by atoms with Gasteiger partial charge in [-0.1, -0.05) is 84.0 Å². The van der Waals surface area contributed by atoms with Crippen molar-refractivity contribution in [2.45, 2.75) is 103 Å². The second-order valence-electron chi connectivity index (χ2n) is 11.4. The SMILES string of the molecule is CCCCCCCCCCCCCCCC(=O)OCCOCCOCCOCCOCCOCCC(=O)Oc1c(F)c(F)c(F)c(F)c1F. The van der Waals surface area contributed by atoms with Gasteiger partial charge in [0.1, 0.15) is 6.61 Å². The van der Waals surface area contributed by atoms with Gasteiger partial charge in [-0.25, -0.2) is 13.2 Å². The predicted molar refractivity (Wildman–Crippen MR) is 172 cm³/mol. The number of esters is 2. The zero-order valence-corrected chi connectivity index (χ0v) is 28.9. The molecule has 9 nitrogen and oxygen atoms in total. The van der Waals surface area contributed by atoms with Crippen LogP contribution in [0.2, 0.25) is 0 Å². The number of rotatable bonds is 33. The van der Waals surface area contributed by atoms with Crippen LogP contribution in [0.5, 0.6) is 5.75 Å². The van der Waals surface area contributed by atoms with Crippen molar-refractivity contribution in [2.24, 2.45) is 0 Å². The van der Waals surface area contributed by atoms with Crippen LogP contribution >= 0.6 is 0 Å². The highest BCUT2D eigenvalue weighted by molar-refractivity contribution is 5.72. The number of halogens is 5. The summed E-state index contributed by atoms with van der Waals surface area (Å²) in [6, 6.07) is 0. The minimum Gasteiger partial charge on any atom is -0.463 e. The normalized spacial score (nSPS) is 11.3. The zero-order valence-electron chi connectivity index (χ0n) is 28.9. The number of benzene rings is 1. The standard InChI is InChI=1S/C35H55F5O9/c1-2-3-4-5-6-7-8-9-10-11-12-13-14-15-28(41)48-27-26-47-25-24-46-23-22-45-21-20-44-19-18-43-17-16-29(42)49-35-33(39)31(37)30(36)32(38)34(35)40/h2-27H2,1H3. The number of hydrogen-bond donors (Lipinski definition) is 0. The second-order valence-corrected chi connectivity index (χ2v) is 11.4. The quantitative estimate of drug-likeness (QED) is 0.0181. The maximum atomic E-state index is 13.5. The first-order valence-electron chi connectivity index (χ1n) is 17.6. The van der Waals surface area contributed by atoms with Crippen LogP contribution in [0.15, 0.2) is 0 Å². The van der Waals surface area contributed by atoms with Crippen molar-refractivity contribution >= 4 is 11.9 Å². The molecule has 0 unspecified atom stereocenters. The maximum Gasteiger partial charge on any atom is 0.313 e. The summed E-state index contributed by atoms with van der Waals surface area (Å²) in [6.07, 6.45) is 16.4. The van der Waals surface area contributed by atoms with Gasteiger partial charge in [-0.05, 0) is 6.42 Å². The molecule has 0 saturated heterocycles. The number of hydrogen-bond acceptors (Lipinski definition) is 9. The van der Waals surface area contributed by atoms with E-state index in [1.54, 1.807) is 0 Å². The lowest BCUT2D eigenvalue weighted by molar-refractivity contribution is -0.145. The van der Waals surface area contributed by atoms with E-state index in [1.165, 1.54) is 70.6 Å². The molecule has 284 valence electrons. The Balaban J connectivity index is 1.80. The van der Waals surface area contributed by atoms with Gasteiger partial charge in [0.25, 0.3) is 0 Å². The van der Waals surface area contributed by atoms with Crippen molar-refractivity contribution in [2.75, 3.05) is 72.7 Å². The van der Waals surface area contributed by atoms with Crippen molar-refractivity contribution < 1.29 is 64.7 Å².